The van der Waals surface area contributed by atoms with Gasteiger partial charge in [-0.15, -0.1) is 0 Å². The summed E-state index contributed by atoms with van der Waals surface area (Å²) in [5.41, 5.74) is 2.20. The zero-order valence-corrected chi connectivity index (χ0v) is 13.4. The summed E-state index contributed by atoms with van der Waals surface area (Å²) < 4.78 is 1.04. The van der Waals surface area contributed by atoms with Gasteiger partial charge in [-0.25, -0.2) is 5.01 Å². The molecule has 1 atom stereocenters. The van der Waals surface area contributed by atoms with Gasteiger partial charge < -0.3 is 0 Å². The Bertz CT molecular complexity index is 514. The van der Waals surface area contributed by atoms with E-state index >= 15 is 0 Å². The lowest BCUT2D eigenvalue weighted by Crippen LogP contribution is -2.24. The summed E-state index contributed by atoms with van der Waals surface area (Å²) in [7, 11) is 0. The van der Waals surface area contributed by atoms with Gasteiger partial charge in [0.1, 0.15) is 0 Å². The molecule has 1 heterocycles. The first kappa shape index (κ1) is 14.3. The van der Waals surface area contributed by atoms with Crippen molar-refractivity contribution in [3.63, 3.8) is 0 Å². The second-order valence-electron chi connectivity index (χ2n) is 5.93. The van der Waals surface area contributed by atoms with Gasteiger partial charge in [-0.1, -0.05) is 48.8 Å². The Labute approximate surface area is 122 Å². The minimum atomic E-state index is -0.00725. The molecule has 0 spiro atoms. The monoisotopic (exact) mass is 322 g/mol. The van der Waals surface area contributed by atoms with E-state index in [4.69, 9.17) is 0 Å². The fourth-order valence-corrected chi connectivity index (χ4v) is 2.46. The molecule has 102 valence electrons. The third kappa shape index (κ3) is 3.06. The van der Waals surface area contributed by atoms with E-state index < -0.39 is 0 Å². The molecule has 0 bridgehead atoms. The number of hydrogen-bond donors (Lipinski definition) is 0. The number of halogens is 1. The molecule has 2 rings (SSSR count). The molecule has 0 N–H and O–H groups in total. The van der Waals surface area contributed by atoms with Gasteiger partial charge in [0.25, 0.3) is 0 Å². The number of carbonyl (C=O) groups excluding carboxylic acids is 1. The maximum Gasteiger partial charge on any atom is 0.240 e. The quantitative estimate of drug-likeness (QED) is 0.764. The van der Waals surface area contributed by atoms with E-state index in [1.807, 2.05) is 24.3 Å². The molecule has 1 aliphatic rings. The molecule has 1 aromatic carbocycles. The van der Waals surface area contributed by atoms with E-state index in [-0.39, 0.29) is 17.4 Å². The number of hydrazone groups is 1. The van der Waals surface area contributed by atoms with Gasteiger partial charge in [0.05, 0.1) is 6.04 Å². The second kappa shape index (κ2) is 5.08. The van der Waals surface area contributed by atoms with Gasteiger partial charge in [-0.3, -0.25) is 4.79 Å². The summed E-state index contributed by atoms with van der Waals surface area (Å²) in [6, 6.07) is 8.13. The molecule has 4 heteroatoms. The summed E-state index contributed by atoms with van der Waals surface area (Å²) in [6.45, 7) is 7.97. The number of rotatable bonds is 1. The van der Waals surface area contributed by atoms with E-state index in [1.54, 1.807) is 11.9 Å². The highest BCUT2D eigenvalue weighted by Gasteiger charge is 2.35. The standard InChI is InChI=1S/C15H19BrN2O/c1-10(19)18-13(9-14(17-18)15(2,3)4)11-5-7-12(16)8-6-11/h5-8,13H,9H2,1-4H3/t13-/m1/s1. The Balaban J connectivity index is 2.32. The van der Waals surface area contributed by atoms with Gasteiger partial charge in [0.15, 0.2) is 0 Å². The Hall–Kier alpha value is -1.16. The van der Waals surface area contributed by atoms with Crippen LogP contribution >= 0.6 is 15.9 Å². The van der Waals surface area contributed by atoms with Gasteiger partial charge in [-0.2, -0.15) is 5.10 Å². The van der Waals surface area contributed by atoms with E-state index in [2.05, 4.69) is 41.8 Å². The average molecular weight is 323 g/mol. The van der Waals surface area contributed by atoms with Gasteiger partial charge in [0, 0.05) is 28.9 Å². The average Bonchev–Trinajstić information content (AvgIpc) is 2.74. The van der Waals surface area contributed by atoms with Crippen LogP contribution in [-0.2, 0) is 4.79 Å². The molecule has 3 nitrogen and oxygen atoms in total. The van der Waals surface area contributed by atoms with Crippen molar-refractivity contribution in [1.29, 1.82) is 0 Å². The molecule has 0 aromatic heterocycles. The molecule has 0 fully saturated rings. The van der Waals surface area contributed by atoms with Crippen molar-refractivity contribution in [2.75, 3.05) is 0 Å². The normalized spacial score (nSPS) is 19.5. The van der Waals surface area contributed by atoms with E-state index in [0.717, 1.165) is 22.2 Å². The van der Waals surface area contributed by atoms with Crippen LogP contribution in [0.1, 0.15) is 45.7 Å². The molecule has 0 radical (unpaired) electrons. The lowest BCUT2D eigenvalue weighted by molar-refractivity contribution is -0.130. The van der Waals surface area contributed by atoms with Crippen molar-refractivity contribution in [1.82, 2.24) is 5.01 Å². The molecular weight excluding hydrogens is 304 g/mol. The molecule has 0 aliphatic carbocycles. The lowest BCUT2D eigenvalue weighted by Gasteiger charge is -2.20. The molecular formula is C15H19BrN2O. The zero-order chi connectivity index (χ0) is 14.2. The summed E-state index contributed by atoms with van der Waals surface area (Å²) in [5, 5.41) is 6.14. The number of hydrogen-bond acceptors (Lipinski definition) is 2. The molecule has 1 amide bonds. The maximum atomic E-state index is 11.8. The summed E-state index contributed by atoms with van der Waals surface area (Å²) in [5.74, 6) is -0.00725. The van der Waals surface area contributed by atoms with Crippen molar-refractivity contribution in [3.8, 4) is 0 Å². The van der Waals surface area contributed by atoms with Crippen LogP contribution in [0.3, 0.4) is 0 Å². The van der Waals surface area contributed by atoms with Crippen LogP contribution < -0.4 is 0 Å². The maximum absolute atomic E-state index is 11.8. The van der Waals surface area contributed by atoms with Crippen LogP contribution in [0.4, 0.5) is 0 Å². The first-order valence-corrected chi connectivity index (χ1v) is 7.21. The second-order valence-corrected chi connectivity index (χ2v) is 6.85. The van der Waals surface area contributed by atoms with Crippen LogP contribution in [0.15, 0.2) is 33.8 Å². The minimum Gasteiger partial charge on any atom is -0.273 e. The third-order valence-electron chi connectivity index (χ3n) is 3.35. The highest BCUT2D eigenvalue weighted by molar-refractivity contribution is 9.10. The van der Waals surface area contributed by atoms with Crippen LogP contribution in [0, 0.1) is 5.41 Å². The summed E-state index contributed by atoms with van der Waals surface area (Å²) in [6.07, 6.45) is 0.810. The van der Waals surface area contributed by atoms with Gasteiger partial charge in [-0.05, 0) is 17.7 Å². The highest BCUT2D eigenvalue weighted by Crippen LogP contribution is 2.36. The first-order valence-electron chi connectivity index (χ1n) is 6.42. The molecule has 1 aromatic rings. The third-order valence-corrected chi connectivity index (χ3v) is 3.88. The highest BCUT2D eigenvalue weighted by atomic mass is 79.9. The topological polar surface area (TPSA) is 32.7 Å². The minimum absolute atomic E-state index is 0.00217. The summed E-state index contributed by atoms with van der Waals surface area (Å²) in [4.78, 5) is 11.8. The van der Waals surface area contributed by atoms with E-state index in [0.29, 0.717) is 0 Å². The number of nitrogens with zero attached hydrogens (tertiary/aromatic N) is 2. The largest absolute Gasteiger partial charge is 0.273 e. The van der Waals surface area contributed by atoms with Crippen LogP contribution in [0.25, 0.3) is 0 Å². The van der Waals surface area contributed by atoms with Crippen molar-refractivity contribution in [2.24, 2.45) is 10.5 Å². The molecule has 0 saturated heterocycles. The number of benzene rings is 1. The smallest absolute Gasteiger partial charge is 0.240 e. The molecule has 0 saturated carbocycles. The van der Waals surface area contributed by atoms with E-state index in [9.17, 15) is 4.79 Å². The SMILES string of the molecule is CC(=O)N1N=C(C(C)(C)C)C[C@@H]1c1ccc(Br)cc1. The lowest BCUT2D eigenvalue weighted by atomic mass is 9.86. The van der Waals surface area contributed by atoms with E-state index in [1.165, 1.54) is 0 Å². The Morgan fingerprint density at radius 3 is 2.37 bits per heavy atom. The fourth-order valence-electron chi connectivity index (χ4n) is 2.20. The Morgan fingerprint density at radius 2 is 1.89 bits per heavy atom. The van der Waals surface area contributed by atoms with Crippen molar-refractivity contribution in [3.05, 3.63) is 34.3 Å². The summed E-state index contributed by atoms with van der Waals surface area (Å²) >= 11 is 3.43. The fraction of sp³-hybridized carbons (Fsp3) is 0.467. The van der Waals surface area contributed by atoms with Gasteiger partial charge >= 0.3 is 0 Å². The number of carbonyl (C=O) groups is 1. The van der Waals surface area contributed by atoms with Crippen molar-refractivity contribution in [2.45, 2.75) is 40.2 Å². The van der Waals surface area contributed by atoms with Crippen molar-refractivity contribution < 1.29 is 4.79 Å². The van der Waals surface area contributed by atoms with Crippen molar-refractivity contribution >= 4 is 27.5 Å². The zero-order valence-electron chi connectivity index (χ0n) is 11.8. The number of amides is 1. The van der Waals surface area contributed by atoms with Crippen LogP contribution in [0.2, 0.25) is 0 Å². The van der Waals surface area contributed by atoms with Gasteiger partial charge in [0.2, 0.25) is 5.91 Å². The molecule has 19 heavy (non-hydrogen) atoms. The molecule has 1 aliphatic heterocycles. The van der Waals surface area contributed by atoms with Crippen LogP contribution in [0.5, 0.6) is 0 Å². The first-order chi connectivity index (χ1) is 8.79. The Morgan fingerprint density at radius 1 is 1.32 bits per heavy atom. The Kier molecular flexibility index (Phi) is 3.81. The predicted octanol–water partition coefficient (Wildman–Crippen LogP) is 4.14. The molecule has 0 unspecified atom stereocenters. The predicted molar refractivity (Wildman–Crippen MR) is 80.9 cm³/mol. The van der Waals surface area contributed by atoms with Crippen LogP contribution in [-0.4, -0.2) is 16.6 Å².